The van der Waals surface area contributed by atoms with E-state index in [0.717, 1.165) is 6.42 Å². The molecule has 1 amide bonds. The fraction of sp³-hybridized carbons (Fsp3) is 0.500. The summed E-state index contributed by atoms with van der Waals surface area (Å²) < 4.78 is 19.1. The van der Waals surface area contributed by atoms with Gasteiger partial charge in [0.2, 0.25) is 0 Å². The van der Waals surface area contributed by atoms with Gasteiger partial charge < -0.3 is 4.74 Å². The lowest BCUT2D eigenvalue weighted by atomic mass is 10.1. The molecule has 1 aromatic carbocycles. The number of alkyl halides is 1. The summed E-state index contributed by atoms with van der Waals surface area (Å²) in [5.74, 6) is 0.919. The van der Waals surface area contributed by atoms with E-state index in [9.17, 15) is 9.18 Å². The molecule has 6 unspecified atom stereocenters. The van der Waals surface area contributed by atoms with E-state index in [0.29, 0.717) is 17.5 Å². The Bertz CT molecular complexity index is 492. The number of benzene rings is 1. The molecule has 4 aliphatic carbocycles. The summed E-state index contributed by atoms with van der Waals surface area (Å²) in [6.07, 6.45) is -0.496. The van der Waals surface area contributed by atoms with Crippen molar-refractivity contribution in [1.29, 1.82) is 0 Å². The summed E-state index contributed by atoms with van der Waals surface area (Å²) in [6.45, 7) is 0. The molecule has 1 N–H and O–H groups in total. The monoisotopic (exact) mass is 247 g/mol. The maximum absolute atomic E-state index is 13.7. The van der Waals surface area contributed by atoms with Crippen molar-refractivity contribution >= 4 is 11.8 Å². The van der Waals surface area contributed by atoms with Crippen molar-refractivity contribution in [3.8, 4) is 0 Å². The van der Waals surface area contributed by atoms with Gasteiger partial charge in [-0.05, 0) is 24.5 Å². The van der Waals surface area contributed by atoms with E-state index < -0.39 is 12.3 Å². The second kappa shape index (κ2) is 3.46. The standard InChI is InChI=1S/C14H14FNO2/c15-12-9-6-8-10(12)11(8)13(9)18-14(17)16-7-4-2-1-3-5-7/h1-5,8-13H,6H2,(H,16,17). The molecule has 0 spiro atoms. The zero-order valence-electron chi connectivity index (χ0n) is 9.75. The van der Waals surface area contributed by atoms with Gasteiger partial charge in [-0.15, -0.1) is 0 Å². The molecule has 4 saturated carbocycles. The van der Waals surface area contributed by atoms with Crippen molar-refractivity contribution in [2.75, 3.05) is 5.32 Å². The van der Waals surface area contributed by atoms with Crippen LogP contribution in [-0.2, 0) is 4.74 Å². The Labute approximate surface area is 104 Å². The molecule has 6 atom stereocenters. The lowest BCUT2D eigenvalue weighted by Gasteiger charge is -2.17. The number of para-hydroxylation sites is 1. The van der Waals surface area contributed by atoms with Crippen LogP contribution in [0.15, 0.2) is 30.3 Å². The van der Waals surface area contributed by atoms with Gasteiger partial charge in [0.15, 0.2) is 0 Å². The summed E-state index contributed by atoms with van der Waals surface area (Å²) in [5.41, 5.74) is 0.706. The molecule has 5 rings (SSSR count). The first-order valence-electron chi connectivity index (χ1n) is 6.42. The normalized spacial score (nSPS) is 42.7. The first-order chi connectivity index (χ1) is 8.75. The summed E-state index contributed by atoms with van der Waals surface area (Å²) >= 11 is 0. The number of nitrogens with one attached hydrogen (secondary N) is 1. The summed E-state index contributed by atoms with van der Waals surface area (Å²) in [4.78, 5) is 11.7. The van der Waals surface area contributed by atoms with Crippen molar-refractivity contribution < 1.29 is 13.9 Å². The molecular weight excluding hydrogens is 233 g/mol. The molecule has 0 aliphatic heterocycles. The van der Waals surface area contributed by atoms with Gasteiger partial charge in [-0.1, -0.05) is 18.2 Å². The van der Waals surface area contributed by atoms with Crippen molar-refractivity contribution in [2.45, 2.75) is 18.7 Å². The summed E-state index contributed by atoms with van der Waals surface area (Å²) in [6, 6.07) is 9.17. The zero-order chi connectivity index (χ0) is 12.3. The van der Waals surface area contributed by atoms with E-state index in [1.807, 2.05) is 18.2 Å². The largest absolute Gasteiger partial charge is 0.445 e. The van der Waals surface area contributed by atoms with Gasteiger partial charge >= 0.3 is 6.09 Å². The maximum Gasteiger partial charge on any atom is 0.411 e. The van der Waals surface area contributed by atoms with Crippen LogP contribution < -0.4 is 5.32 Å². The van der Waals surface area contributed by atoms with Crippen LogP contribution in [0.1, 0.15) is 6.42 Å². The number of halogens is 1. The van der Waals surface area contributed by atoms with Crippen LogP contribution in [0.5, 0.6) is 0 Å². The molecule has 1 aromatic rings. The molecule has 0 saturated heterocycles. The Morgan fingerprint density at radius 1 is 1.22 bits per heavy atom. The van der Waals surface area contributed by atoms with Gasteiger partial charge in [-0.25, -0.2) is 9.18 Å². The number of carbonyl (C=O) groups is 1. The van der Waals surface area contributed by atoms with Crippen molar-refractivity contribution in [1.82, 2.24) is 0 Å². The molecule has 94 valence electrons. The van der Waals surface area contributed by atoms with Crippen LogP contribution >= 0.6 is 0 Å². The fourth-order valence-electron chi connectivity index (χ4n) is 3.94. The van der Waals surface area contributed by atoms with Gasteiger partial charge in [0.25, 0.3) is 0 Å². The van der Waals surface area contributed by atoms with Crippen LogP contribution in [0.3, 0.4) is 0 Å². The van der Waals surface area contributed by atoms with Crippen molar-refractivity contribution in [2.24, 2.45) is 23.7 Å². The van der Waals surface area contributed by atoms with Gasteiger partial charge in [0.1, 0.15) is 12.3 Å². The molecule has 4 heteroatoms. The minimum absolute atomic E-state index is 0.0495. The van der Waals surface area contributed by atoms with Crippen LogP contribution in [-0.4, -0.2) is 18.4 Å². The van der Waals surface area contributed by atoms with Crippen molar-refractivity contribution in [3.05, 3.63) is 30.3 Å². The predicted molar refractivity (Wildman–Crippen MR) is 63.8 cm³/mol. The molecular formula is C14H14FNO2. The van der Waals surface area contributed by atoms with E-state index in [-0.39, 0.29) is 17.9 Å². The van der Waals surface area contributed by atoms with E-state index >= 15 is 0 Å². The average molecular weight is 247 g/mol. The Kier molecular flexibility index (Phi) is 1.99. The smallest absolute Gasteiger partial charge is 0.411 e. The minimum atomic E-state index is -0.741. The van der Waals surface area contributed by atoms with Crippen LogP contribution in [0.4, 0.5) is 14.9 Å². The second-order valence-electron chi connectivity index (χ2n) is 5.52. The van der Waals surface area contributed by atoms with Crippen LogP contribution in [0.2, 0.25) is 0 Å². The minimum Gasteiger partial charge on any atom is -0.445 e. The quantitative estimate of drug-likeness (QED) is 0.872. The number of hydrogen-bond acceptors (Lipinski definition) is 2. The Hall–Kier alpha value is -1.58. The molecule has 0 aromatic heterocycles. The maximum atomic E-state index is 13.7. The first kappa shape index (κ1) is 10.4. The summed E-state index contributed by atoms with van der Waals surface area (Å²) in [7, 11) is 0. The molecule has 4 fully saturated rings. The zero-order valence-corrected chi connectivity index (χ0v) is 9.75. The highest BCUT2D eigenvalue weighted by Crippen LogP contribution is 2.72. The highest BCUT2D eigenvalue weighted by Gasteiger charge is 2.75. The average Bonchev–Trinajstić information content (AvgIpc) is 2.69. The van der Waals surface area contributed by atoms with Gasteiger partial charge in [0.05, 0.1) is 0 Å². The van der Waals surface area contributed by atoms with E-state index in [1.54, 1.807) is 12.1 Å². The molecule has 18 heavy (non-hydrogen) atoms. The van der Waals surface area contributed by atoms with Gasteiger partial charge in [-0.2, -0.15) is 0 Å². The van der Waals surface area contributed by atoms with E-state index in [2.05, 4.69) is 5.32 Å². The Balaban J connectivity index is 1.40. The van der Waals surface area contributed by atoms with E-state index in [1.165, 1.54) is 0 Å². The number of rotatable bonds is 2. The topological polar surface area (TPSA) is 38.3 Å². The number of anilines is 1. The molecule has 4 bridgehead atoms. The third-order valence-corrected chi connectivity index (χ3v) is 4.68. The molecule has 4 aliphatic rings. The van der Waals surface area contributed by atoms with Crippen molar-refractivity contribution in [3.63, 3.8) is 0 Å². The summed E-state index contributed by atoms with van der Waals surface area (Å²) in [5, 5.41) is 2.68. The predicted octanol–water partition coefficient (Wildman–Crippen LogP) is 2.84. The lowest BCUT2D eigenvalue weighted by Crippen LogP contribution is -2.27. The highest BCUT2D eigenvalue weighted by atomic mass is 19.1. The molecule has 3 nitrogen and oxygen atoms in total. The number of carbonyl (C=O) groups excluding carboxylic acids is 1. The molecule has 0 heterocycles. The SMILES string of the molecule is O=C(Nc1ccccc1)OC1C2CC3C(C2F)C31. The third-order valence-electron chi connectivity index (χ3n) is 4.68. The second-order valence-corrected chi connectivity index (χ2v) is 5.52. The van der Waals surface area contributed by atoms with Crippen LogP contribution in [0, 0.1) is 23.7 Å². The lowest BCUT2D eigenvalue weighted by molar-refractivity contribution is 0.0752. The first-order valence-corrected chi connectivity index (χ1v) is 6.42. The number of ether oxygens (including phenoxy) is 1. The van der Waals surface area contributed by atoms with Gasteiger partial charge in [0, 0.05) is 23.4 Å². The number of hydrogen-bond donors (Lipinski definition) is 1. The number of amides is 1. The fourth-order valence-corrected chi connectivity index (χ4v) is 3.94. The van der Waals surface area contributed by atoms with Gasteiger partial charge in [-0.3, -0.25) is 5.32 Å². The van der Waals surface area contributed by atoms with E-state index in [4.69, 9.17) is 4.74 Å². The Morgan fingerprint density at radius 3 is 2.56 bits per heavy atom. The highest BCUT2D eigenvalue weighted by molar-refractivity contribution is 5.84. The molecule has 0 radical (unpaired) electrons. The third kappa shape index (κ3) is 1.32. The van der Waals surface area contributed by atoms with Crippen LogP contribution in [0.25, 0.3) is 0 Å². The Morgan fingerprint density at radius 2 is 2.00 bits per heavy atom.